The molecule has 2 aliphatic carbocycles. The third-order valence-electron chi connectivity index (χ3n) is 8.77. The van der Waals surface area contributed by atoms with Crippen molar-refractivity contribution in [1.82, 2.24) is 0 Å². The van der Waals surface area contributed by atoms with Crippen LogP contribution in [0.2, 0.25) is 20.1 Å². The van der Waals surface area contributed by atoms with E-state index in [1.807, 2.05) is 36.4 Å². The Morgan fingerprint density at radius 3 is 1.33 bits per heavy atom. The Labute approximate surface area is 327 Å². The molecule has 4 aliphatic rings. The van der Waals surface area contributed by atoms with E-state index in [9.17, 15) is 19.8 Å². The molecule has 4 aromatic rings. The van der Waals surface area contributed by atoms with Crippen molar-refractivity contribution < 1.29 is 19.0 Å². The number of fused-ring (bicyclic) bond motifs is 4. The number of halogens is 4. The van der Waals surface area contributed by atoms with Gasteiger partial charge in [-0.25, -0.2) is 0 Å². The Morgan fingerprint density at radius 2 is 0.904 bits per heavy atom. The summed E-state index contributed by atoms with van der Waals surface area (Å²) in [7, 11) is 0. The molecule has 2 N–H and O–H groups in total. The van der Waals surface area contributed by atoms with Crippen molar-refractivity contribution in [3.63, 3.8) is 0 Å². The molecule has 0 unspecified atom stereocenters. The number of phenolic OH excluding ortho intramolecular Hbond substituents is 2. The summed E-state index contributed by atoms with van der Waals surface area (Å²) in [5, 5.41) is 24.3. The monoisotopic (exact) mass is 898 g/mol. The Hall–Kier alpha value is -3.94. The molecule has 0 saturated carbocycles. The second-order valence-corrected chi connectivity index (χ2v) is 20.9. The van der Waals surface area contributed by atoms with Gasteiger partial charge in [0.15, 0.2) is 0 Å². The molecule has 0 spiro atoms. The van der Waals surface area contributed by atoms with E-state index in [-0.39, 0.29) is 68.7 Å². The molecule has 0 saturated heterocycles. The van der Waals surface area contributed by atoms with Gasteiger partial charge in [0.05, 0.1) is 0 Å². The second kappa shape index (κ2) is 14.1. The molecule has 4 aromatic carbocycles. The third kappa shape index (κ3) is 6.38. The summed E-state index contributed by atoms with van der Waals surface area (Å²) in [5.41, 5.74) is 7.23. The van der Waals surface area contributed by atoms with Crippen LogP contribution in [0.25, 0.3) is 66.8 Å². The van der Waals surface area contributed by atoms with Crippen LogP contribution in [0.3, 0.4) is 0 Å². The topological polar surface area (TPSA) is 101 Å². The number of rotatable bonds is 7. The predicted molar refractivity (Wildman–Crippen MR) is 211 cm³/mol. The summed E-state index contributed by atoms with van der Waals surface area (Å²) in [5.74, 6) is 0.476. The summed E-state index contributed by atoms with van der Waals surface area (Å²) in [6.07, 6.45) is 0. The van der Waals surface area contributed by atoms with Crippen molar-refractivity contribution in [2.75, 3.05) is 0 Å². The van der Waals surface area contributed by atoms with Crippen molar-refractivity contribution in [1.29, 1.82) is 0 Å². The van der Waals surface area contributed by atoms with Gasteiger partial charge >= 0.3 is 329 Å². The quantitative estimate of drug-likeness (QED) is 0.0939. The SMILES string of the molecule is O=c1cc2oc3cc(O)c(Cl)cc3c(-c3ccccc3C[Se][Se]Cc3ccccc3-c3c4cc(Cl)c(=O)cc-4oc4cc(O)c(Cl)cc34)c-2cc1Cl. The molecule has 2 heterocycles. The first-order valence-corrected chi connectivity index (χ1v) is 23.9. The molecule has 2 aliphatic heterocycles. The normalized spacial score (nSPS) is 11.7. The fraction of sp³-hybridized carbons (Fsp3) is 0.0500. The third-order valence-corrected chi connectivity index (χ3v) is 16.5. The summed E-state index contributed by atoms with van der Waals surface area (Å²) in [6, 6.07) is 28.5. The van der Waals surface area contributed by atoms with Gasteiger partial charge in [0.2, 0.25) is 0 Å². The molecule has 0 radical (unpaired) electrons. The van der Waals surface area contributed by atoms with E-state index in [0.29, 0.717) is 44.6 Å². The first-order chi connectivity index (χ1) is 25.1. The van der Waals surface area contributed by atoms with Gasteiger partial charge in [-0.05, 0) is 0 Å². The molecular formula is C40H22Cl4O6Se2. The maximum absolute atomic E-state index is 12.5. The van der Waals surface area contributed by atoms with Crippen molar-refractivity contribution in [2.45, 2.75) is 10.6 Å². The Morgan fingerprint density at radius 1 is 0.500 bits per heavy atom. The zero-order chi connectivity index (χ0) is 36.3. The van der Waals surface area contributed by atoms with Gasteiger partial charge in [-0.1, -0.05) is 0 Å². The van der Waals surface area contributed by atoms with E-state index in [1.54, 1.807) is 24.3 Å². The van der Waals surface area contributed by atoms with Gasteiger partial charge in [0.25, 0.3) is 0 Å². The molecule has 0 amide bonds. The van der Waals surface area contributed by atoms with Gasteiger partial charge in [-0.3, -0.25) is 0 Å². The van der Waals surface area contributed by atoms with Crippen LogP contribution in [-0.4, -0.2) is 36.5 Å². The summed E-state index contributed by atoms with van der Waals surface area (Å²) in [4.78, 5) is 25.0. The van der Waals surface area contributed by atoms with Crippen LogP contribution in [0.5, 0.6) is 11.5 Å². The van der Waals surface area contributed by atoms with E-state index < -0.39 is 0 Å². The molecule has 8 rings (SSSR count). The first-order valence-electron chi connectivity index (χ1n) is 15.7. The zero-order valence-corrected chi connectivity index (χ0v) is 33.0. The number of hydrogen-bond acceptors (Lipinski definition) is 6. The number of phenols is 2. The van der Waals surface area contributed by atoms with Crippen molar-refractivity contribution in [3.8, 4) is 56.4 Å². The van der Waals surface area contributed by atoms with Crippen LogP contribution in [-0.2, 0) is 10.6 Å². The summed E-state index contributed by atoms with van der Waals surface area (Å²) in [6.45, 7) is 0. The first kappa shape index (κ1) is 35.1. The van der Waals surface area contributed by atoms with E-state index in [2.05, 4.69) is 12.1 Å². The van der Waals surface area contributed by atoms with Crippen LogP contribution < -0.4 is 10.9 Å². The van der Waals surface area contributed by atoms with E-state index in [4.69, 9.17) is 55.2 Å². The molecule has 258 valence electrons. The molecule has 0 atom stereocenters. The fourth-order valence-electron chi connectivity index (χ4n) is 6.37. The predicted octanol–water partition coefficient (Wildman–Crippen LogP) is 10.5. The zero-order valence-electron chi connectivity index (χ0n) is 26.5. The van der Waals surface area contributed by atoms with Gasteiger partial charge in [0, 0.05) is 0 Å². The second-order valence-electron chi connectivity index (χ2n) is 11.9. The van der Waals surface area contributed by atoms with Crippen LogP contribution in [0.4, 0.5) is 0 Å². The fourth-order valence-corrected chi connectivity index (χ4v) is 13.6. The standard InChI is InChI=1S/C40H22Cl4O6Se2/c41-27-9-23-35(13-31(27)45)49-36-14-32(46)28(42)10-24(36)39(23)21-7-3-1-5-19(21)17-51-52-18-20-6-2-4-8-22(20)40-25-11-29(43)33(47)15-37(25)50-38-16-34(48)30(44)12-26(38)40/h1-16,45,47H,17-18H2. The minimum atomic E-state index is -0.355. The molecule has 0 bridgehead atoms. The molecule has 0 fully saturated rings. The van der Waals surface area contributed by atoms with Crippen molar-refractivity contribution >= 4 is 94.6 Å². The maximum atomic E-state index is 12.5. The van der Waals surface area contributed by atoms with Gasteiger partial charge in [0.1, 0.15) is 0 Å². The Bertz CT molecular complexity index is 2590. The molecule has 12 heteroatoms. The average Bonchev–Trinajstić information content (AvgIpc) is 3.12. The van der Waals surface area contributed by atoms with Crippen LogP contribution in [0, 0.1) is 0 Å². The average molecular weight is 898 g/mol. The van der Waals surface area contributed by atoms with Crippen LogP contribution in [0.1, 0.15) is 11.1 Å². The van der Waals surface area contributed by atoms with E-state index in [0.717, 1.165) is 44.0 Å². The van der Waals surface area contributed by atoms with Gasteiger partial charge in [-0.2, -0.15) is 0 Å². The molecular weight excluding hydrogens is 876 g/mol. The number of hydrogen-bond donors (Lipinski definition) is 2. The van der Waals surface area contributed by atoms with E-state index >= 15 is 0 Å². The van der Waals surface area contributed by atoms with Crippen LogP contribution in [0.15, 0.2) is 115 Å². The summed E-state index contributed by atoms with van der Waals surface area (Å²) >= 11 is 25.9. The van der Waals surface area contributed by atoms with E-state index in [1.165, 1.54) is 24.3 Å². The molecule has 0 aromatic heterocycles. The van der Waals surface area contributed by atoms with Crippen molar-refractivity contribution in [2.24, 2.45) is 0 Å². The number of benzene rings is 6. The number of aromatic hydroxyl groups is 2. The molecule has 6 nitrogen and oxygen atoms in total. The molecule has 52 heavy (non-hydrogen) atoms. The Balaban J connectivity index is 1.15. The summed E-state index contributed by atoms with van der Waals surface area (Å²) < 4.78 is 12.1. The minimum absolute atomic E-state index is 0.0827. The van der Waals surface area contributed by atoms with Gasteiger partial charge < -0.3 is 0 Å². The van der Waals surface area contributed by atoms with Gasteiger partial charge in [-0.15, -0.1) is 0 Å². The Kier molecular flexibility index (Phi) is 9.54. The van der Waals surface area contributed by atoms with Crippen LogP contribution >= 0.6 is 46.4 Å². The van der Waals surface area contributed by atoms with Crippen molar-refractivity contribution in [3.05, 3.63) is 149 Å².